The summed E-state index contributed by atoms with van der Waals surface area (Å²) >= 11 is 0. The Balaban J connectivity index is 2.92. The normalized spacial score (nSPS) is 11.6. The van der Waals surface area contributed by atoms with E-state index in [0.29, 0.717) is 12.1 Å². The van der Waals surface area contributed by atoms with Crippen LogP contribution in [0.25, 0.3) is 0 Å². The zero-order valence-corrected chi connectivity index (χ0v) is 8.18. The Hall–Kier alpha value is -1.51. The minimum Gasteiger partial charge on any atom is -0.435 e. The molecule has 4 nitrogen and oxygen atoms in total. The Morgan fingerprint density at radius 3 is 2.31 bits per heavy atom. The van der Waals surface area contributed by atoms with Gasteiger partial charge in [-0.2, -0.15) is 17.2 Å². The van der Waals surface area contributed by atoms with Crippen LogP contribution >= 0.6 is 0 Å². The molecule has 9 heteroatoms. The molecule has 0 fully saturated rings. The molecule has 0 atom stereocenters. The second-order valence-electron chi connectivity index (χ2n) is 2.45. The van der Waals surface area contributed by atoms with Crippen molar-refractivity contribution in [2.75, 3.05) is 0 Å². The first-order valence-corrected chi connectivity index (χ1v) is 4.97. The molecule has 0 aliphatic carbocycles. The third-order valence-electron chi connectivity index (χ3n) is 1.32. The fourth-order valence-corrected chi connectivity index (χ4v) is 1.18. The molecule has 0 radical (unpaired) electrons. The fraction of sp³-hybridized carbons (Fsp3) is 0.143. The average Bonchev–Trinajstić information content (AvgIpc) is 2.06. The Morgan fingerprint density at radius 2 is 1.88 bits per heavy atom. The smallest absolute Gasteiger partial charge is 0.435 e. The van der Waals surface area contributed by atoms with Gasteiger partial charge in [0.25, 0.3) is 0 Å². The molecule has 0 bridgehead atoms. The Bertz CT molecular complexity index is 473. The van der Waals surface area contributed by atoms with E-state index in [2.05, 4.69) is 8.92 Å². The number of halogens is 4. The first-order chi connectivity index (χ1) is 7.28. The summed E-state index contributed by atoms with van der Waals surface area (Å²) in [6, 6.07) is 1.88. The standard InChI is InChI=1S/C7H4F4O4S/c8-5-3-4(14-7(9)10)1-2-6(5)15-16(11,12)13/h1-3,7H. The molecular formula is C7H4F4O4S. The Morgan fingerprint density at radius 1 is 1.25 bits per heavy atom. The molecule has 0 aromatic heterocycles. The summed E-state index contributed by atoms with van der Waals surface area (Å²) < 4.78 is 75.7. The van der Waals surface area contributed by atoms with Crippen molar-refractivity contribution in [1.29, 1.82) is 0 Å². The minimum absolute atomic E-state index is 0.437. The lowest BCUT2D eigenvalue weighted by molar-refractivity contribution is -0.0500. The zero-order valence-electron chi connectivity index (χ0n) is 7.36. The van der Waals surface area contributed by atoms with Crippen molar-refractivity contribution in [3.05, 3.63) is 24.0 Å². The van der Waals surface area contributed by atoms with E-state index in [9.17, 15) is 25.5 Å². The van der Waals surface area contributed by atoms with E-state index < -0.39 is 34.4 Å². The van der Waals surface area contributed by atoms with E-state index in [1.165, 1.54) is 0 Å². The van der Waals surface area contributed by atoms with Crippen molar-refractivity contribution >= 4 is 10.5 Å². The quantitative estimate of drug-likeness (QED) is 0.614. The first-order valence-electron chi connectivity index (χ1n) is 3.66. The van der Waals surface area contributed by atoms with Crippen molar-refractivity contribution in [3.8, 4) is 11.5 Å². The molecule has 90 valence electrons. The fourth-order valence-electron chi connectivity index (χ4n) is 0.833. The van der Waals surface area contributed by atoms with Crippen molar-refractivity contribution in [2.45, 2.75) is 6.61 Å². The predicted molar refractivity (Wildman–Crippen MR) is 43.7 cm³/mol. The van der Waals surface area contributed by atoms with E-state index in [1.807, 2.05) is 0 Å². The van der Waals surface area contributed by atoms with E-state index in [1.54, 1.807) is 0 Å². The van der Waals surface area contributed by atoms with Gasteiger partial charge in [-0.3, -0.25) is 0 Å². The van der Waals surface area contributed by atoms with Crippen LogP contribution in [0.15, 0.2) is 18.2 Å². The third kappa shape index (κ3) is 3.93. The lowest BCUT2D eigenvalue weighted by atomic mass is 10.3. The molecule has 0 heterocycles. The van der Waals surface area contributed by atoms with E-state index >= 15 is 0 Å². The van der Waals surface area contributed by atoms with Gasteiger partial charge in [0.05, 0.1) is 0 Å². The topological polar surface area (TPSA) is 52.6 Å². The molecule has 1 aromatic carbocycles. The highest BCUT2D eigenvalue weighted by Gasteiger charge is 2.15. The Kier molecular flexibility index (Phi) is 3.58. The molecule has 16 heavy (non-hydrogen) atoms. The maximum atomic E-state index is 12.9. The number of hydrogen-bond donors (Lipinski definition) is 0. The number of alkyl halides is 2. The van der Waals surface area contributed by atoms with Crippen LogP contribution in [-0.2, 0) is 10.5 Å². The first kappa shape index (κ1) is 12.6. The number of rotatable bonds is 4. The van der Waals surface area contributed by atoms with Gasteiger partial charge in [-0.25, -0.2) is 4.39 Å². The van der Waals surface area contributed by atoms with Crippen molar-refractivity contribution in [1.82, 2.24) is 0 Å². The van der Waals surface area contributed by atoms with E-state index in [-0.39, 0.29) is 0 Å². The van der Waals surface area contributed by atoms with Crippen LogP contribution in [0.3, 0.4) is 0 Å². The van der Waals surface area contributed by atoms with Gasteiger partial charge < -0.3 is 8.92 Å². The molecule has 0 saturated carbocycles. The Labute approximate surface area is 87.8 Å². The third-order valence-corrected chi connectivity index (χ3v) is 1.70. The largest absolute Gasteiger partial charge is 0.488 e. The molecule has 1 aromatic rings. The summed E-state index contributed by atoms with van der Waals surface area (Å²) in [4.78, 5) is 0. The number of ether oxygens (including phenoxy) is 1. The predicted octanol–water partition coefficient (Wildman–Crippen LogP) is 2.02. The van der Waals surface area contributed by atoms with Gasteiger partial charge >= 0.3 is 17.1 Å². The lowest BCUT2D eigenvalue weighted by Gasteiger charge is -2.06. The van der Waals surface area contributed by atoms with Gasteiger partial charge in [-0.15, -0.1) is 0 Å². The van der Waals surface area contributed by atoms with Crippen LogP contribution in [0, 0.1) is 5.82 Å². The van der Waals surface area contributed by atoms with Gasteiger partial charge in [0, 0.05) is 6.07 Å². The second-order valence-corrected chi connectivity index (χ2v) is 3.40. The number of benzene rings is 1. The van der Waals surface area contributed by atoms with Crippen LogP contribution in [0.1, 0.15) is 0 Å². The monoisotopic (exact) mass is 260 g/mol. The minimum atomic E-state index is -5.36. The summed E-state index contributed by atoms with van der Waals surface area (Å²) in [5.41, 5.74) is 0. The molecule has 0 amide bonds. The second kappa shape index (κ2) is 4.56. The maximum absolute atomic E-state index is 12.9. The molecule has 0 aliphatic heterocycles. The molecule has 0 N–H and O–H groups in total. The molecular weight excluding hydrogens is 256 g/mol. The van der Waals surface area contributed by atoms with Gasteiger partial charge in [0.1, 0.15) is 5.75 Å². The number of hydrogen-bond acceptors (Lipinski definition) is 4. The summed E-state index contributed by atoms with van der Waals surface area (Å²) in [6.07, 6.45) is 0. The van der Waals surface area contributed by atoms with Crippen LogP contribution in [0.2, 0.25) is 0 Å². The highest BCUT2D eigenvalue weighted by molar-refractivity contribution is 7.81. The van der Waals surface area contributed by atoms with Crippen molar-refractivity contribution in [3.63, 3.8) is 0 Å². The zero-order chi connectivity index (χ0) is 12.3. The van der Waals surface area contributed by atoms with Gasteiger partial charge in [0.15, 0.2) is 11.6 Å². The molecule has 0 saturated heterocycles. The van der Waals surface area contributed by atoms with Crippen LogP contribution < -0.4 is 8.92 Å². The molecule has 0 spiro atoms. The van der Waals surface area contributed by atoms with Crippen molar-refractivity contribution < 1.29 is 34.4 Å². The van der Waals surface area contributed by atoms with E-state index in [4.69, 9.17) is 0 Å². The highest BCUT2D eigenvalue weighted by atomic mass is 32.3. The van der Waals surface area contributed by atoms with Crippen LogP contribution in [-0.4, -0.2) is 15.0 Å². The van der Waals surface area contributed by atoms with E-state index in [0.717, 1.165) is 6.07 Å². The highest BCUT2D eigenvalue weighted by Crippen LogP contribution is 2.25. The summed E-state index contributed by atoms with van der Waals surface area (Å²) in [5.74, 6) is -2.85. The summed E-state index contributed by atoms with van der Waals surface area (Å²) in [6.45, 7) is -3.16. The van der Waals surface area contributed by atoms with Crippen molar-refractivity contribution in [2.24, 2.45) is 0 Å². The molecule has 1 rings (SSSR count). The lowest BCUT2D eigenvalue weighted by Crippen LogP contribution is -2.05. The van der Waals surface area contributed by atoms with Crippen LogP contribution in [0.4, 0.5) is 17.1 Å². The van der Waals surface area contributed by atoms with Gasteiger partial charge in [0.2, 0.25) is 0 Å². The SMILES string of the molecule is O=S(=O)(F)Oc1ccc(OC(F)F)cc1F. The molecule has 0 unspecified atom stereocenters. The van der Waals surface area contributed by atoms with Gasteiger partial charge in [-0.05, 0) is 12.1 Å². The average molecular weight is 260 g/mol. The summed E-state index contributed by atoms with van der Waals surface area (Å²) in [7, 11) is -5.36. The van der Waals surface area contributed by atoms with Gasteiger partial charge in [-0.1, -0.05) is 3.89 Å². The molecule has 0 aliphatic rings. The van der Waals surface area contributed by atoms with Crippen LogP contribution in [0.5, 0.6) is 11.5 Å². The summed E-state index contributed by atoms with van der Waals surface area (Å²) in [5, 5.41) is 0. The maximum Gasteiger partial charge on any atom is 0.488 e.